The Kier molecular flexibility index (Phi) is 16.6. The number of methoxy groups -OCH3 is 1. The average molecular weight is 641 g/mol. The van der Waals surface area contributed by atoms with Crippen molar-refractivity contribution < 1.29 is 33.4 Å². The molecule has 0 aliphatic carbocycles. The molecule has 2 aromatic carbocycles. The first-order chi connectivity index (χ1) is 21.9. The topological polar surface area (TPSA) is 144 Å². The van der Waals surface area contributed by atoms with Gasteiger partial charge in [-0.1, -0.05) is 74.5 Å². The SMILES string of the molecule is COC(=O)[C@H](Cc1ccccc1)NC[C@H](CC(C)C)NC(=O)[C@H](CCCCNC(=O)OCc1ccccc1)NC(=O)OC(C)(C)C. The highest BCUT2D eigenvalue weighted by atomic mass is 16.6. The molecule has 0 heterocycles. The third kappa shape index (κ3) is 16.3. The molecule has 0 saturated heterocycles. The molecule has 254 valence electrons. The lowest BCUT2D eigenvalue weighted by molar-refractivity contribution is -0.143. The summed E-state index contributed by atoms with van der Waals surface area (Å²) in [6.07, 6.45) is 1.30. The van der Waals surface area contributed by atoms with Gasteiger partial charge in [0.25, 0.3) is 0 Å². The smallest absolute Gasteiger partial charge is 0.408 e. The van der Waals surface area contributed by atoms with E-state index >= 15 is 0 Å². The number of carbonyl (C=O) groups excluding carboxylic acids is 4. The van der Waals surface area contributed by atoms with Crippen LogP contribution in [0.25, 0.3) is 0 Å². The van der Waals surface area contributed by atoms with Gasteiger partial charge < -0.3 is 35.5 Å². The summed E-state index contributed by atoms with van der Waals surface area (Å²) in [7, 11) is 1.35. The number of carbonyl (C=O) groups is 4. The van der Waals surface area contributed by atoms with Gasteiger partial charge in [-0.2, -0.15) is 0 Å². The zero-order valence-electron chi connectivity index (χ0n) is 28.1. The maximum absolute atomic E-state index is 13.6. The van der Waals surface area contributed by atoms with E-state index in [4.69, 9.17) is 14.2 Å². The number of nitrogens with one attached hydrogen (secondary N) is 4. The van der Waals surface area contributed by atoms with Crippen LogP contribution < -0.4 is 21.3 Å². The van der Waals surface area contributed by atoms with Crippen molar-refractivity contribution in [2.75, 3.05) is 20.2 Å². The molecule has 3 atom stereocenters. The number of ether oxygens (including phenoxy) is 3. The van der Waals surface area contributed by atoms with Gasteiger partial charge >= 0.3 is 18.2 Å². The summed E-state index contributed by atoms with van der Waals surface area (Å²) in [5, 5.41) is 11.8. The molecular weight excluding hydrogens is 588 g/mol. The molecule has 0 aliphatic rings. The van der Waals surface area contributed by atoms with Gasteiger partial charge in [-0.25, -0.2) is 9.59 Å². The first-order valence-corrected chi connectivity index (χ1v) is 16.0. The van der Waals surface area contributed by atoms with Crippen molar-refractivity contribution in [2.45, 2.75) is 97.1 Å². The zero-order valence-corrected chi connectivity index (χ0v) is 28.1. The van der Waals surface area contributed by atoms with E-state index < -0.39 is 29.9 Å². The van der Waals surface area contributed by atoms with Crippen LogP contribution in [0.4, 0.5) is 9.59 Å². The molecule has 4 N–H and O–H groups in total. The first-order valence-electron chi connectivity index (χ1n) is 16.0. The van der Waals surface area contributed by atoms with E-state index in [1.54, 1.807) is 20.8 Å². The van der Waals surface area contributed by atoms with Crippen molar-refractivity contribution in [1.82, 2.24) is 21.3 Å². The van der Waals surface area contributed by atoms with Crippen LogP contribution in [-0.4, -0.2) is 68.0 Å². The lowest BCUT2D eigenvalue weighted by Gasteiger charge is -2.27. The Morgan fingerprint density at radius 3 is 2.02 bits per heavy atom. The van der Waals surface area contributed by atoms with Crippen molar-refractivity contribution in [3.63, 3.8) is 0 Å². The maximum atomic E-state index is 13.6. The number of alkyl carbamates (subject to hydrolysis) is 2. The third-order valence-corrected chi connectivity index (χ3v) is 6.89. The summed E-state index contributed by atoms with van der Waals surface area (Å²) in [6.45, 7) is 10.2. The molecular formula is C35H52N4O7. The minimum Gasteiger partial charge on any atom is -0.468 e. The number of hydrogen-bond donors (Lipinski definition) is 4. The van der Waals surface area contributed by atoms with Crippen molar-refractivity contribution in [3.05, 3.63) is 71.8 Å². The Morgan fingerprint density at radius 1 is 0.804 bits per heavy atom. The molecule has 0 radical (unpaired) electrons. The molecule has 46 heavy (non-hydrogen) atoms. The van der Waals surface area contributed by atoms with Crippen molar-refractivity contribution in [3.8, 4) is 0 Å². The fraction of sp³-hybridized carbons (Fsp3) is 0.543. The summed E-state index contributed by atoms with van der Waals surface area (Å²) < 4.78 is 15.7. The van der Waals surface area contributed by atoms with E-state index in [1.165, 1.54) is 7.11 Å². The Bertz CT molecular complexity index is 1200. The quantitative estimate of drug-likeness (QED) is 0.103. The molecule has 0 saturated carbocycles. The van der Waals surface area contributed by atoms with Crippen LogP contribution in [0.15, 0.2) is 60.7 Å². The van der Waals surface area contributed by atoms with Gasteiger partial charge in [0.2, 0.25) is 5.91 Å². The predicted molar refractivity (Wildman–Crippen MR) is 177 cm³/mol. The fourth-order valence-corrected chi connectivity index (χ4v) is 4.74. The molecule has 0 aromatic heterocycles. The fourth-order valence-electron chi connectivity index (χ4n) is 4.74. The molecule has 11 nitrogen and oxygen atoms in total. The molecule has 0 unspecified atom stereocenters. The van der Waals surface area contributed by atoms with E-state index in [2.05, 4.69) is 35.1 Å². The number of esters is 1. The maximum Gasteiger partial charge on any atom is 0.408 e. The minimum atomic E-state index is -0.865. The summed E-state index contributed by atoms with van der Waals surface area (Å²) >= 11 is 0. The molecule has 0 aliphatic heterocycles. The highest BCUT2D eigenvalue weighted by Crippen LogP contribution is 2.11. The highest BCUT2D eigenvalue weighted by Gasteiger charge is 2.27. The largest absolute Gasteiger partial charge is 0.468 e. The Hall–Kier alpha value is -4.12. The van der Waals surface area contributed by atoms with Crippen molar-refractivity contribution >= 4 is 24.1 Å². The second kappa shape index (κ2) is 20.1. The standard InChI is InChI=1S/C35H52N4O7/c1-25(2)21-28(23-37-30(32(41)44-6)22-26-15-9-7-10-16-26)38-31(40)29(39-34(43)46-35(3,4)5)19-13-14-20-36-33(42)45-24-27-17-11-8-12-18-27/h7-12,15-18,25,28-30,37H,13-14,19-24H2,1-6H3,(H,36,42)(H,38,40)(H,39,43)/t28-,29-,30-/m0/s1. The normalized spacial score (nSPS) is 13.2. The van der Waals surface area contributed by atoms with Crippen LogP contribution in [0.5, 0.6) is 0 Å². The third-order valence-electron chi connectivity index (χ3n) is 6.89. The van der Waals surface area contributed by atoms with Gasteiger partial charge in [0, 0.05) is 19.1 Å². The van der Waals surface area contributed by atoms with Crippen LogP contribution in [0.3, 0.4) is 0 Å². The van der Waals surface area contributed by atoms with Crippen LogP contribution in [-0.2, 0) is 36.8 Å². The predicted octanol–water partition coefficient (Wildman–Crippen LogP) is 4.88. The lowest BCUT2D eigenvalue weighted by atomic mass is 10.0. The van der Waals surface area contributed by atoms with Gasteiger partial charge in [0.1, 0.15) is 24.3 Å². The van der Waals surface area contributed by atoms with Crippen molar-refractivity contribution in [1.29, 1.82) is 0 Å². The summed E-state index contributed by atoms with van der Waals surface area (Å²) in [4.78, 5) is 50.9. The van der Waals surface area contributed by atoms with Crippen LogP contribution in [0.2, 0.25) is 0 Å². The summed E-state index contributed by atoms with van der Waals surface area (Å²) in [6, 6.07) is 17.2. The second-order valence-electron chi connectivity index (χ2n) is 12.7. The van der Waals surface area contributed by atoms with Crippen LogP contribution in [0.1, 0.15) is 71.4 Å². The molecule has 11 heteroatoms. The van der Waals surface area contributed by atoms with E-state index in [0.29, 0.717) is 45.2 Å². The van der Waals surface area contributed by atoms with E-state index in [0.717, 1.165) is 11.1 Å². The summed E-state index contributed by atoms with van der Waals surface area (Å²) in [5.74, 6) is -0.491. The van der Waals surface area contributed by atoms with E-state index in [1.807, 2.05) is 60.7 Å². The molecule has 0 bridgehead atoms. The molecule has 2 rings (SSSR count). The van der Waals surface area contributed by atoms with Gasteiger partial charge in [0.15, 0.2) is 0 Å². The number of rotatable bonds is 18. The van der Waals surface area contributed by atoms with Gasteiger partial charge in [-0.3, -0.25) is 9.59 Å². The second-order valence-corrected chi connectivity index (χ2v) is 12.7. The van der Waals surface area contributed by atoms with Gasteiger partial charge in [0.05, 0.1) is 7.11 Å². The molecule has 2 aromatic rings. The lowest BCUT2D eigenvalue weighted by Crippen LogP contribution is -2.54. The van der Waals surface area contributed by atoms with Crippen LogP contribution >= 0.6 is 0 Å². The van der Waals surface area contributed by atoms with Gasteiger partial charge in [-0.15, -0.1) is 0 Å². The Labute approximate surface area is 273 Å². The first kappa shape index (κ1) is 38.1. The number of hydrogen-bond acceptors (Lipinski definition) is 8. The van der Waals surface area contributed by atoms with E-state index in [9.17, 15) is 19.2 Å². The molecule has 0 spiro atoms. The highest BCUT2D eigenvalue weighted by molar-refractivity contribution is 5.86. The van der Waals surface area contributed by atoms with Crippen LogP contribution in [0, 0.1) is 5.92 Å². The Morgan fingerprint density at radius 2 is 1.43 bits per heavy atom. The van der Waals surface area contributed by atoms with Crippen molar-refractivity contribution in [2.24, 2.45) is 5.92 Å². The summed E-state index contributed by atoms with van der Waals surface area (Å²) in [5.41, 5.74) is 1.14. The minimum absolute atomic E-state index is 0.174. The Balaban J connectivity index is 1.98. The number of amides is 3. The van der Waals surface area contributed by atoms with Gasteiger partial charge in [-0.05, 0) is 69.9 Å². The number of benzene rings is 2. The zero-order chi connectivity index (χ0) is 34.0. The van der Waals surface area contributed by atoms with E-state index in [-0.39, 0.29) is 30.4 Å². The number of unbranched alkanes of at least 4 members (excludes halogenated alkanes) is 1. The average Bonchev–Trinajstić information content (AvgIpc) is 3.00. The molecule has 3 amide bonds. The molecule has 0 fully saturated rings. The monoisotopic (exact) mass is 640 g/mol.